The van der Waals surface area contributed by atoms with Crippen LogP contribution in [0.15, 0.2) is 42.5 Å². The van der Waals surface area contributed by atoms with Crippen molar-refractivity contribution in [2.75, 3.05) is 0 Å². The zero-order valence-corrected chi connectivity index (χ0v) is 12.3. The number of hydrogen-bond acceptors (Lipinski definition) is 2. The molecule has 21 heavy (non-hydrogen) atoms. The molecule has 0 aromatic heterocycles. The van der Waals surface area contributed by atoms with E-state index in [0.29, 0.717) is 21.2 Å². The molecule has 0 aliphatic rings. The van der Waals surface area contributed by atoms with Crippen molar-refractivity contribution in [2.45, 2.75) is 19.1 Å². The molecule has 0 radical (unpaired) electrons. The fourth-order valence-electron chi connectivity index (χ4n) is 1.93. The number of rotatable bonds is 5. The lowest BCUT2D eigenvalue weighted by Crippen LogP contribution is -2.05. The molecular weight excluding hydrogens is 321 g/mol. The molecule has 0 heterocycles. The molecule has 6 heteroatoms. The van der Waals surface area contributed by atoms with E-state index in [1.54, 1.807) is 24.3 Å². The molecule has 0 spiro atoms. The third-order valence-electron chi connectivity index (χ3n) is 2.91. The second-order valence-electron chi connectivity index (χ2n) is 4.38. The Morgan fingerprint density at radius 1 is 1.10 bits per heavy atom. The highest BCUT2D eigenvalue weighted by Crippen LogP contribution is 2.30. The summed E-state index contributed by atoms with van der Waals surface area (Å²) in [5.74, 6) is -0.00117. The first-order valence-corrected chi connectivity index (χ1v) is 6.88. The van der Waals surface area contributed by atoms with Gasteiger partial charge in [-0.3, -0.25) is 0 Å². The molecule has 2 nitrogen and oxygen atoms in total. The second kappa shape index (κ2) is 7.07. The van der Waals surface area contributed by atoms with Gasteiger partial charge in [-0.2, -0.15) is 8.78 Å². The molecule has 0 saturated carbocycles. The van der Waals surface area contributed by atoms with Crippen LogP contribution in [-0.2, 0) is 6.42 Å². The minimum atomic E-state index is -2.90. The molecule has 2 aromatic rings. The number of alkyl halides is 2. The molecule has 2 rings (SSSR count). The van der Waals surface area contributed by atoms with E-state index < -0.39 is 12.7 Å². The number of ether oxygens (including phenoxy) is 1. The maximum atomic E-state index is 12.2. The van der Waals surface area contributed by atoms with Crippen LogP contribution in [0.5, 0.6) is 5.75 Å². The van der Waals surface area contributed by atoms with Crippen molar-refractivity contribution in [1.29, 1.82) is 0 Å². The molecule has 0 aliphatic carbocycles. The minimum Gasteiger partial charge on any atom is -0.435 e. The number of halogens is 4. The third-order valence-corrected chi connectivity index (χ3v) is 3.77. The molecular formula is C15H12Cl2F2O2. The van der Waals surface area contributed by atoms with Crippen molar-refractivity contribution in [2.24, 2.45) is 0 Å². The molecule has 112 valence electrons. The minimum absolute atomic E-state index is 0.00117. The number of hydrogen-bond donors (Lipinski definition) is 1. The molecule has 0 amide bonds. The highest BCUT2D eigenvalue weighted by atomic mass is 35.5. The van der Waals surface area contributed by atoms with Crippen LogP contribution in [0.3, 0.4) is 0 Å². The maximum absolute atomic E-state index is 12.2. The fraction of sp³-hybridized carbons (Fsp3) is 0.200. The summed E-state index contributed by atoms with van der Waals surface area (Å²) in [6.07, 6.45) is -0.681. The Labute approximate surface area is 130 Å². The molecule has 0 fully saturated rings. The average Bonchev–Trinajstić information content (AvgIpc) is 2.43. The third kappa shape index (κ3) is 4.30. The van der Waals surface area contributed by atoms with Crippen LogP contribution in [-0.4, -0.2) is 11.7 Å². The van der Waals surface area contributed by atoms with Gasteiger partial charge in [0, 0.05) is 6.42 Å². The van der Waals surface area contributed by atoms with Crippen molar-refractivity contribution in [3.05, 3.63) is 63.6 Å². The standard InChI is InChI=1S/C15H12Cl2F2O2/c16-12-6-2-4-10(14(12)17)8-13(20)9-3-1-5-11(7-9)21-15(18)19/h1-7,13,15,20H,8H2. The van der Waals surface area contributed by atoms with Gasteiger partial charge in [0.25, 0.3) is 0 Å². The van der Waals surface area contributed by atoms with Gasteiger partial charge in [0.1, 0.15) is 5.75 Å². The van der Waals surface area contributed by atoms with Crippen molar-refractivity contribution in [3.8, 4) is 5.75 Å². The highest BCUT2D eigenvalue weighted by Gasteiger charge is 2.14. The van der Waals surface area contributed by atoms with Gasteiger partial charge in [0.2, 0.25) is 0 Å². The SMILES string of the molecule is OC(Cc1cccc(Cl)c1Cl)c1cccc(OC(F)F)c1. The van der Waals surface area contributed by atoms with Gasteiger partial charge in [0.15, 0.2) is 0 Å². The molecule has 0 bridgehead atoms. The second-order valence-corrected chi connectivity index (χ2v) is 5.17. The van der Waals surface area contributed by atoms with Crippen molar-refractivity contribution >= 4 is 23.2 Å². The Bertz CT molecular complexity index is 620. The van der Waals surface area contributed by atoms with E-state index >= 15 is 0 Å². The van der Waals surface area contributed by atoms with Gasteiger partial charge in [-0.25, -0.2) is 0 Å². The number of aliphatic hydroxyl groups excluding tert-OH is 1. The zero-order valence-electron chi connectivity index (χ0n) is 10.8. The summed E-state index contributed by atoms with van der Waals surface area (Å²) < 4.78 is 28.7. The largest absolute Gasteiger partial charge is 0.435 e. The first kappa shape index (κ1) is 16.0. The Morgan fingerprint density at radius 2 is 1.81 bits per heavy atom. The van der Waals surface area contributed by atoms with Gasteiger partial charge in [0.05, 0.1) is 16.1 Å². The first-order valence-electron chi connectivity index (χ1n) is 6.13. The topological polar surface area (TPSA) is 29.5 Å². The quantitative estimate of drug-likeness (QED) is 0.846. The van der Waals surface area contributed by atoms with E-state index in [-0.39, 0.29) is 12.2 Å². The smallest absolute Gasteiger partial charge is 0.387 e. The van der Waals surface area contributed by atoms with Crippen LogP contribution in [0, 0.1) is 0 Å². The fourth-order valence-corrected chi connectivity index (χ4v) is 2.33. The van der Waals surface area contributed by atoms with E-state index in [1.165, 1.54) is 18.2 Å². The van der Waals surface area contributed by atoms with Crippen LogP contribution in [0.2, 0.25) is 10.0 Å². The lowest BCUT2D eigenvalue weighted by molar-refractivity contribution is -0.0499. The lowest BCUT2D eigenvalue weighted by atomic mass is 10.0. The summed E-state index contributed by atoms with van der Waals surface area (Å²) in [6, 6.07) is 11.1. The monoisotopic (exact) mass is 332 g/mol. The van der Waals surface area contributed by atoms with Gasteiger partial charge >= 0.3 is 6.61 Å². The number of benzene rings is 2. The molecule has 1 N–H and O–H groups in total. The van der Waals surface area contributed by atoms with Crippen LogP contribution in [0.4, 0.5) is 8.78 Å². The molecule has 0 saturated heterocycles. The Hall–Kier alpha value is -1.36. The van der Waals surface area contributed by atoms with Gasteiger partial charge in [-0.15, -0.1) is 0 Å². The first-order chi connectivity index (χ1) is 9.97. The highest BCUT2D eigenvalue weighted by molar-refractivity contribution is 6.42. The summed E-state index contributed by atoms with van der Waals surface area (Å²) in [4.78, 5) is 0. The Kier molecular flexibility index (Phi) is 5.39. The summed E-state index contributed by atoms with van der Waals surface area (Å²) in [5, 5.41) is 11.0. The lowest BCUT2D eigenvalue weighted by Gasteiger charge is -2.14. The number of aliphatic hydroxyl groups is 1. The van der Waals surface area contributed by atoms with E-state index in [1.807, 2.05) is 0 Å². The average molecular weight is 333 g/mol. The van der Waals surface area contributed by atoms with E-state index in [9.17, 15) is 13.9 Å². The van der Waals surface area contributed by atoms with Gasteiger partial charge in [-0.1, -0.05) is 47.5 Å². The van der Waals surface area contributed by atoms with E-state index in [4.69, 9.17) is 23.2 Å². The van der Waals surface area contributed by atoms with Crippen molar-refractivity contribution in [1.82, 2.24) is 0 Å². The van der Waals surface area contributed by atoms with Gasteiger partial charge < -0.3 is 9.84 Å². The predicted octanol–water partition coefficient (Wildman–Crippen LogP) is 4.87. The Morgan fingerprint density at radius 3 is 2.52 bits per heavy atom. The van der Waals surface area contributed by atoms with Crippen LogP contribution in [0.1, 0.15) is 17.2 Å². The molecule has 1 atom stereocenters. The van der Waals surface area contributed by atoms with Crippen LogP contribution >= 0.6 is 23.2 Å². The predicted molar refractivity (Wildman–Crippen MR) is 78.2 cm³/mol. The summed E-state index contributed by atoms with van der Waals surface area (Å²) >= 11 is 12.0. The van der Waals surface area contributed by atoms with Crippen LogP contribution in [0.25, 0.3) is 0 Å². The van der Waals surface area contributed by atoms with Crippen molar-refractivity contribution < 1.29 is 18.6 Å². The summed E-state index contributed by atoms with van der Waals surface area (Å²) in [7, 11) is 0. The maximum Gasteiger partial charge on any atom is 0.387 e. The van der Waals surface area contributed by atoms with Gasteiger partial charge in [-0.05, 0) is 29.3 Å². The molecule has 0 aliphatic heterocycles. The van der Waals surface area contributed by atoms with E-state index in [0.717, 1.165) is 0 Å². The Balaban J connectivity index is 2.16. The van der Waals surface area contributed by atoms with Crippen LogP contribution < -0.4 is 4.74 Å². The summed E-state index contributed by atoms with van der Waals surface area (Å²) in [6.45, 7) is -2.90. The molecule has 2 aromatic carbocycles. The normalized spacial score (nSPS) is 12.5. The van der Waals surface area contributed by atoms with Crippen molar-refractivity contribution in [3.63, 3.8) is 0 Å². The molecule has 1 unspecified atom stereocenters. The summed E-state index contributed by atoms with van der Waals surface area (Å²) in [5.41, 5.74) is 1.14. The van der Waals surface area contributed by atoms with E-state index in [2.05, 4.69) is 4.74 Å². The zero-order chi connectivity index (χ0) is 15.4.